The second-order valence-electron chi connectivity index (χ2n) is 3.18. The average Bonchev–Trinajstić information content (AvgIpc) is 2.41. The summed E-state index contributed by atoms with van der Waals surface area (Å²) in [6.07, 6.45) is 2.77. The minimum atomic E-state index is -0.582. The second kappa shape index (κ2) is 6.97. The number of esters is 1. The molecule has 0 saturated heterocycles. The fraction of sp³-hybridized carbons (Fsp3) is 0.231. The molecule has 0 fully saturated rings. The van der Waals surface area contributed by atoms with Gasteiger partial charge in [0, 0.05) is 11.6 Å². The van der Waals surface area contributed by atoms with Gasteiger partial charge in [-0.3, -0.25) is 0 Å². The first-order valence-electron chi connectivity index (χ1n) is 5.15. The molecule has 0 heterocycles. The van der Waals surface area contributed by atoms with E-state index in [1.807, 2.05) is 0 Å². The van der Waals surface area contributed by atoms with Gasteiger partial charge in [0.25, 0.3) is 0 Å². The van der Waals surface area contributed by atoms with E-state index in [4.69, 9.17) is 14.7 Å². The van der Waals surface area contributed by atoms with Crippen LogP contribution in [0.25, 0.3) is 6.08 Å². The van der Waals surface area contributed by atoms with Crippen LogP contribution in [0.1, 0.15) is 5.56 Å². The van der Waals surface area contributed by atoms with E-state index in [0.717, 1.165) is 0 Å². The smallest absolute Gasteiger partial charge is 0.331 e. The molecule has 0 radical (unpaired) electrons. The number of carbonyl (C=O) groups excluding carboxylic acids is 1. The summed E-state index contributed by atoms with van der Waals surface area (Å²) >= 11 is 0. The van der Waals surface area contributed by atoms with E-state index in [1.165, 1.54) is 20.3 Å². The Morgan fingerprint density at radius 1 is 1.39 bits per heavy atom. The monoisotopic (exact) mass is 247 g/mol. The van der Waals surface area contributed by atoms with E-state index < -0.39 is 5.97 Å². The van der Waals surface area contributed by atoms with Crippen LogP contribution in [0.5, 0.6) is 11.5 Å². The average molecular weight is 247 g/mol. The van der Waals surface area contributed by atoms with Crippen molar-refractivity contribution in [2.24, 2.45) is 0 Å². The third-order valence-electron chi connectivity index (χ3n) is 2.11. The predicted octanol–water partition coefficient (Wildman–Crippen LogP) is 1.78. The third-order valence-corrected chi connectivity index (χ3v) is 2.11. The summed E-state index contributed by atoms with van der Waals surface area (Å²) in [5, 5.41) is 8.26. The lowest BCUT2D eigenvalue weighted by molar-refractivity contribution is -0.136. The number of methoxy groups -OCH3 is 2. The van der Waals surface area contributed by atoms with Crippen LogP contribution in [-0.2, 0) is 9.53 Å². The van der Waals surface area contributed by atoms with Crippen LogP contribution in [0.3, 0.4) is 0 Å². The molecular formula is C13H13NO4. The maximum absolute atomic E-state index is 11.2. The topological polar surface area (TPSA) is 68.5 Å². The minimum absolute atomic E-state index is 0.265. The number of nitriles is 1. The molecule has 18 heavy (non-hydrogen) atoms. The Bertz CT molecular complexity index is 488. The number of rotatable bonds is 5. The van der Waals surface area contributed by atoms with E-state index >= 15 is 0 Å². The summed E-state index contributed by atoms with van der Waals surface area (Å²) in [5.41, 5.74) is 0.686. The third kappa shape index (κ3) is 3.52. The number of nitrogens with zero attached hydrogens (tertiary/aromatic N) is 1. The van der Waals surface area contributed by atoms with Gasteiger partial charge in [-0.2, -0.15) is 5.26 Å². The summed E-state index contributed by atoms with van der Waals surface area (Å²) in [6.45, 7) is -0.265. The molecule has 0 aliphatic rings. The number of hydrogen-bond donors (Lipinski definition) is 0. The molecule has 5 heteroatoms. The molecule has 0 spiro atoms. The first-order valence-corrected chi connectivity index (χ1v) is 5.15. The highest BCUT2D eigenvalue weighted by atomic mass is 16.5. The molecule has 0 unspecified atom stereocenters. The first kappa shape index (κ1) is 13.6. The Kier molecular flexibility index (Phi) is 5.26. The van der Waals surface area contributed by atoms with Gasteiger partial charge in [-0.15, -0.1) is 0 Å². The van der Waals surface area contributed by atoms with Crippen molar-refractivity contribution in [3.8, 4) is 17.6 Å². The zero-order valence-electron chi connectivity index (χ0n) is 10.2. The van der Waals surface area contributed by atoms with Gasteiger partial charge in [0.2, 0.25) is 0 Å². The van der Waals surface area contributed by atoms with Crippen molar-refractivity contribution in [3.63, 3.8) is 0 Å². The fourth-order valence-corrected chi connectivity index (χ4v) is 1.35. The quantitative estimate of drug-likeness (QED) is 0.586. The standard InChI is InChI=1S/C13H13NO4/c1-16-11-5-3-4-10(13(11)17-2)6-7-12(15)18-9-8-14/h3-7H,9H2,1-2H3/b7-6+. The number of hydrogen-bond acceptors (Lipinski definition) is 5. The van der Waals surface area contributed by atoms with Crippen molar-refractivity contribution in [1.29, 1.82) is 5.26 Å². The molecule has 0 aromatic heterocycles. The van der Waals surface area contributed by atoms with Crippen LogP contribution in [-0.4, -0.2) is 26.8 Å². The first-order chi connectivity index (χ1) is 8.72. The normalized spacial score (nSPS) is 9.83. The number of para-hydroxylation sites is 1. The maximum atomic E-state index is 11.2. The highest BCUT2D eigenvalue weighted by Crippen LogP contribution is 2.31. The van der Waals surface area contributed by atoms with Crippen LogP contribution in [0.2, 0.25) is 0 Å². The van der Waals surface area contributed by atoms with Gasteiger partial charge in [-0.1, -0.05) is 12.1 Å². The molecule has 5 nitrogen and oxygen atoms in total. The summed E-state index contributed by atoms with van der Waals surface area (Å²) in [5.74, 6) is 0.524. The van der Waals surface area contributed by atoms with Gasteiger partial charge in [-0.25, -0.2) is 4.79 Å². The Hall–Kier alpha value is -2.48. The van der Waals surface area contributed by atoms with E-state index in [1.54, 1.807) is 30.3 Å². The Balaban J connectivity index is 2.87. The molecule has 0 aliphatic heterocycles. The molecule has 94 valence electrons. The van der Waals surface area contributed by atoms with Crippen molar-refractivity contribution in [1.82, 2.24) is 0 Å². The Morgan fingerprint density at radius 2 is 2.17 bits per heavy atom. The zero-order valence-corrected chi connectivity index (χ0v) is 10.2. The maximum Gasteiger partial charge on any atom is 0.331 e. The van der Waals surface area contributed by atoms with Crippen molar-refractivity contribution >= 4 is 12.0 Å². The summed E-state index contributed by atoms with van der Waals surface area (Å²) in [4.78, 5) is 11.2. The van der Waals surface area contributed by atoms with Gasteiger partial charge < -0.3 is 14.2 Å². The predicted molar refractivity (Wildman–Crippen MR) is 65.2 cm³/mol. The summed E-state index contributed by atoms with van der Waals surface area (Å²) < 4.78 is 14.9. The van der Waals surface area contributed by atoms with Crippen molar-refractivity contribution < 1.29 is 19.0 Å². The number of benzene rings is 1. The van der Waals surface area contributed by atoms with E-state index in [-0.39, 0.29) is 6.61 Å². The molecule has 0 atom stereocenters. The lowest BCUT2D eigenvalue weighted by Gasteiger charge is -2.09. The van der Waals surface area contributed by atoms with Gasteiger partial charge in [0.05, 0.1) is 14.2 Å². The molecular weight excluding hydrogens is 234 g/mol. The summed E-state index contributed by atoms with van der Waals surface area (Å²) in [7, 11) is 3.05. The molecule has 0 saturated carbocycles. The largest absolute Gasteiger partial charge is 0.493 e. The molecule has 1 rings (SSSR count). The van der Waals surface area contributed by atoms with Gasteiger partial charge in [0.1, 0.15) is 6.07 Å². The van der Waals surface area contributed by atoms with Crippen LogP contribution < -0.4 is 9.47 Å². The van der Waals surface area contributed by atoms with Crippen LogP contribution in [0.15, 0.2) is 24.3 Å². The summed E-state index contributed by atoms with van der Waals surface area (Å²) in [6, 6.07) is 7.02. The van der Waals surface area contributed by atoms with E-state index in [2.05, 4.69) is 4.74 Å². The van der Waals surface area contributed by atoms with Crippen molar-refractivity contribution in [3.05, 3.63) is 29.8 Å². The molecule has 0 aliphatic carbocycles. The van der Waals surface area contributed by atoms with Crippen LogP contribution in [0.4, 0.5) is 0 Å². The highest BCUT2D eigenvalue weighted by molar-refractivity contribution is 5.87. The lowest BCUT2D eigenvalue weighted by Crippen LogP contribution is -2.00. The molecule has 0 bridgehead atoms. The Labute approximate surface area is 105 Å². The Morgan fingerprint density at radius 3 is 2.78 bits per heavy atom. The molecule has 1 aromatic carbocycles. The van der Waals surface area contributed by atoms with Gasteiger partial charge in [-0.05, 0) is 12.1 Å². The number of ether oxygens (including phenoxy) is 3. The minimum Gasteiger partial charge on any atom is -0.493 e. The number of carbonyl (C=O) groups is 1. The van der Waals surface area contributed by atoms with E-state index in [0.29, 0.717) is 17.1 Å². The SMILES string of the molecule is COc1cccc(/C=C/C(=O)OCC#N)c1OC. The van der Waals surface area contributed by atoms with Gasteiger partial charge in [0.15, 0.2) is 18.1 Å². The lowest BCUT2D eigenvalue weighted by atomic mass is 10.1. The molecule has 0 amide bonds. The molecule has 1 aromatic rings. The van der Waals surface area contributed by atoms with Gasteiger partial charge >= 0.3 is 5.97 Å². The zero-order chi connectivity index (χ0) is 13.4. The van der Waals surface area contributed by atoms with Crippen LogP contribution >= 0.6 is 0 Å². The van der Waals surface area contributed by atoms with Crippen molar-refractivity contribution in [2.75, 3.05) is 20.8 Å². The fourth-order valence-electron chi connectivity index (χ4n) is 1.35. The van der Waals surface area contributed by atoms with Crippen molar-refractivity contribution in [2.45, 2.75) is 0 Å². The van der Waals surface area contributed by atoms with E-state index in [9.17, 15) is 4.79 Å². The van der Waals surface area contributed by atoms with Crippen LogP contribution in [0, 0.1) is 11.3 Å². The highest BCUT2D eigenvalue weighted by Gasteiger charge is 2.07. The molecule has 0 N–H and O–H groups in total. The second-order valence-corrected chi connectivity index (χ2v) is 3.18.